The highest BCUT2D eigenvalue weighted by molar-refractivity contribution is 5.41. The summed E-state index contributed by atoms with van der Waals surface area (Å²) in [5, 5.41) is 38.5. The molecule has 0 saturated carbocycles. The van der Waals surface area contributed by atoms with E-state index in [0.717, 1.165) is 63.0 Å². The topological polar surface area (TPSA) is 96.6 Å². The Balaban J connectivity index is 1.17. The minimum absolute atomic E-state index is 0.0530. The van der Waals surface area contributed by atoms with Crippen molar-refractivity contribution in [2.75, 3.05) is 39.4 Å². The van der Waals surface area contributed by atoms with Gasteiger partial charge in [0.1, 0.15) is 0 Å². The Labute approximate surface area is 195 Å². The van der Waals surface area contributed by atoms with Crippen molar-refractivity contribution in [3.8, 4) is 23.0 Å². The molecule has 7 nitrogen and oxygen atoms in total. The SMILES string of the molecule is Oc1ccc(CC2CCCN2CCOCCN2CCCC2Cc2ccc(O)c(O)c2)cc1O. The van der Waals surface area contributed by atoms with Gasteiger partial charge < -0.3 is 25.2 Å². The van der Waals surface area contributed by atoms with Gasteiger partial charge in [0.05, 0.1) is 13.2 Å². The number of hydrogen-bond donors (Lipinski definition) is 4. The minimum Gasteiger partial charge on any atom is -0.504 e. The van der Waals surface area contributed by atoms with Gasteiger partial charge in [-0.3, -0.25) is 9.80 Å². The van der Waals surface area contributed by atoms with E-state index in [1.54, 1.807) is 24.3 Å². The summed E-state index contributed by atoms with van der Waals surface area (Å²) in [6.07, 6.45) is 6.38. The summed E-state index contributed by atoms with van der Waals surface area (Å²) in [6, 6.07) is 11.1. The fraction of sp³-hybridized carbons (Fsp3) is 0.538. The first-order valence-electron chi connectivity index (χ1n) is 12.1. The molecule has 4 rings (SSSR count). The zero-order chi connectivity index (χ0) is 23.2. The maximum absolute atomic E-state index is 9.75. The molecule has 2 unspecified atom stereocenters. The first kappa shape index (κ1) is 23.7. The summed E-state index contributed by atoms with van der Waals surface area (Å²) in [6.45, 7) is 5.39. The van der Waals surface area contributed by atoms with Gasteiger partial charge in [-0.05, 0) is 87.0 Å². The summed E-state index contributed by atoms with van der Waals surface area (Å²) >= 11 is 0. The number of rotatable bonds is 10. The standard InChI is InChI=1S/C26H36N2O5/c29-23-7-5-19(17-25(23)31)15-21-3-1-9-27(21)11-13-33-14-12-28-10-2-4-22(28)16-20-6-8-24(30)26(32)18-20/h5-8,17-18,21-22,29-32H,1-4,9-16H2. The molecular weight excluding hydrogens is 420 g/mol. The van der Waals surface area contributed by atoms with Crippen LogP contribution in [-0.4, -0.2) is 81.7 Å². The third-order valence-electron chi connectivity index (χ3n) is 7.07. The van der Waals surface area contributed by atoms with Gasteiger partial charge in [0.25, 0.3) is 0 Å². The van der Waals surface area contributed by atoms with Gasteiger partial charge in [0.2, 0.25) is 0 Å². The fourth-order valence-electron chi connectivity index (χ4n) is 5.24. The van der Waals surface area contributed by atoms with Gasteiger partial charge in [-0.25, -0.2) is 0 Å². The molecule has 2 aliphatic rings. The van der Waals surface area contributed by atoms with E-state index in [1.165, 1.54) is 12.8 Å². The second-order valence-corrected chi connectivity index (χ2v) is 9.33. The zero-order valence-electron chi connectivity index (χ0n) is 19.2. The molecule has 4 N–H and O–H groups in total. The van der Waals surface area contributed by atoms with E-state index in [1.807, 2.05) is 12.1 Å². The highest BCUT2D eigenvalue weighted by Crippen LogP contribution is 2.29. The average molecular weight is 457 g/mol. The molecule has 2 fully saturated rings. The molecule has 0 spiro atoms. The van der Waals surface area contributed by atoms with Crippen LogP contribution in [-0.2, 0) is 17.6 Å². The second kappa shape index (κ2) is 11.1. The first-order valence-corrected chi connectivity index (χ1v) is 12.1. The lowest BCUT2D eigenvalue weighted by molar-refractivity contribution is 0.0770. The minimum atomic E-state index is -0.0723. The predicted molar refractivity (Wildman–Crippen MR) is 127 cm³/mol. The molecule has 7 heteroatoms. The lowest BCUT2D eigenvalue weighted by Gasteiger charge is -2.26. The van der Waals surface area contributed by atoms with Crippen LogP contribution in [0.4, 0.5) is 0 Å². The van der Waals surface area contributed by atoms with Crippen LogP contribution < -0.4 is 0 Å². The molecule has 2 heterocycles. The molecule has 2 saturated heterocycles. The van der Waals surface area contributed by atoms with E-state index < -0.39 is 0 Å². The second-order valence-electron chi connectivity index (χ2n) is 9.33. The summed E-state index contributed by atoms with van der Waals surface area (Å²) in [5.74, 6) is -0.251. The highest BCUT2D eigenvalue weighted by Gasteiger charge is 2.26. The van der Waals surface area contributed by atoms with Crippen molar-refractivity contribution in [1.82, 2.24) is 9.80 Å². The van der Waals surface area contributed by atoms with Crippen LogP contribution in [0.2, 0.25) is 0 Å². The molecular formula is C26H36N2O5. The van der Waals surface area contributed by atoms with E-state index >= 15 is 0 Å². The van der Waals surface area contributed by atoms with Crippen molar-refractivity contribution in [3.05, 3.63) is 47.5 Å². The first-order chi connectivity index (χ1) is 16.0. The van der Waals surface area contributed by atoms with Crippen LogP contribution in [0.5, 0.6) is 23.0 Å². The molecule has 2 aromatic rings. The number of phenolic OH excluding ortho intramolecular Hbond substituents is 4. The van der Waals surface area contributed by atoms with Gasteiger partial charge >= 0.3 is 0 Å². The fourth-order valence-corrected chi connectivity index (χ4v) is 5.24. The largest absolute Gasteiger partial charge is 0.504 e. The molecule has 2 atom stereocenters. The van der Waals surface area contributed by atoms with Crippen LogP contribution in [0.25, 0.3) is 0 Å². The number of hydrogen-bond acceptors (Lipinski definition) is 7. The van der Waals surface area contributed by atoms with Gasteiger partial charge in [0, 0.05) is 25.2 Å². The maximum Gasteiger partial charge on any atom is 0.157 e. The zero-order valence-corrected chi connectivity index (χ0v) is 19.2. The Morgan fingerprint density at radius 1 is 0.667 bits per heavy atom. The summed E-state index contributed by atoms with van der Waals surface area (Å²) in [5.41, 5.74) is 2.09. The molecule has 2 aromatic carbocycles. The summed E-state index contributed by atoms with van der Waals surface area (Å²) in [7, 11) is 0. The number of likely N-dealkylation sites (tertiary alicyclic amines) is 2. The Bertz CT molecular complexity index is 848. The highest BCUT2D eigenvalue weighted by atomic mass is 16.5. The number of benzene rings is 2. The third kappa shape index (κ3) is 6.31. The molecule has 33 heavy (non-hydrogen) atoms. The third-order valence-corrected chi connectivity index (χ3v) is 7.07. The van der Waals surface area contributed by atoms with Crippen LogP contribution in [0.15, 0.2) is 36.4 Å². The molecule has 0 bridgehead atoms. The molecule has 0 amide bonds. The van der Waals surface area contributed by atoms with Crippen LogP contribution in [0, 0.1) is 0 Å². The quantitative estimate of drug-likeness (QED) is 0.322. The van der Waals surface area contributed by atoms with E-state index in [4.69, 9.17) is 4.74 Å². The van der Waals surface area contributed by atoms with Crippen molar-refractivity contribution in [3.63, 3.8) is 0 Å². The predicted octanol–water partition coefficient (Wildman–Crippen LogP) is 3.24. The van der Waals surface area contributed by atoms with E-state index in [0.29, 0.717) is 25.3 Å². The number of ether oxygens (including phenoxy) is 1. The smallest absolute Gasteiger partial charge is 0.157 e. The van der Waals surface area contributed by atoms with Crippen LogP contribution in [0.3, 0.4) is 0 Å². The Hall–Kier alpha value is -2.48. The maximum atomic E-state index is 9.75. The Morgan fingerprint density at radius 3 is 1.55 bits per heavy atom. The van der Waals surface area contributed by atoms with Crippen LogP contribution in [0.1, 0.15) is 36.8 Å². The number of nitrogens with zero attached hydrogens (tertiary/aromatic N) is 2. The van der Waals surface area contributed by atoms with Crippen molar-refractivity contribution >= 4 is 0 Å². The van der Waals surface area contributed by atoms with Crippen molar-refractivity contribution < 1.29 is 25.2 Å². The van der Waals surface area contributed by atoms with Gasteiger partial charge in [0.15, 0.2) is 23.0 Å². The Morgan fingerprint density at radius 2 is 1.12 bits per heavy atom. The van der Waals surface area contributed by atoms with Gasteiger partial charge in [-0.2, -0.15) is 0 Å². The monoisotopic (exact) mass is 456 g/mol. The van der Waals surface area contributed by atoms with Gasteiger partial charge in [-0.1, -0.05) is 12.1 Å². The molecule has 0 radical (unpaired) electrons. The average Bonchev–Trinajstić information content (AvgIpc) is 3.42. The molecule has 0 aromatic heterocycles. The lowest BCUT2D eigenvalue weighted by atomic mass is 10.0. The molecule has 180 valence electrons. The number of phenols is 4. The van der Waals surface area contributed by atoms with Crippen molar-refractivity contribution in [1.29, 1.82) is 0 Å². The van der Waals surface area contributed by atoms with Gasteiger partial charge in [-0.15, -0.1) is 0 Å². The summed E-state index contributed by atoms with van der Waals surface area (Å²) in [4.78, 5) is 4.94. The summed E-state index contributed by atoms with van der Waals surface area (Å²) < 4.78 is 5.99. The molecule has 0 aliphatic carbocycles. The van der Waals surface area contributed by atoms with Crippen molar-refractivity contribution in [2.24, 2.45) is 0 Å². The van der Waals surface area contributed by atoms with Crippen LogP contribution >= 0.6 is 0 Å². The Kier molecular flexibility index (Phi) is 7.96. The number of aromatic hydroxyl groups is 4. The van der Waals surface area contributed by atoms with E-state index in [2.05, 4.69) is 9.80 Å². The van der Waals surface area contributed by atoms with Crippen molar-refractivity contribution in [2.45, 2.75) is 50.6 Å². The van der Waals surface area contributed by atoms with E-state index in [-0.39, 0.29) is 23.0 Å². The normalized spacial score (nSPS) is 21.7. The van der Waals surface area contributed by atoms with E-state index in [9.17, 15) is 20.4 Å². The lowest BCUT2D eigenvalue weighted by Crippen LogP contribution is -2.36. The molecule has 2 aliphatic heterocycles.